The Bertz CT molecular complexity index is 289. The molecule has 0 aromatic heterocycles. The maximum atomic E-state index is 13.3. The summed E-state index contributed by atoms with van der Waals surface area (Å²) in [4.78, 5) is 0. The van der Waals surface area contributed by atoms with Gasteiger partial charge < -0.3 is 0 Å². The van der Waals surface area contributed by atoms with Crippen LogP contribution in [0.4, 0.5) is 4.39 Å². The molecular weight excluding hydrogens is 266 g/mol. The summed E-state index contributed by atoms with van der Waals surface area (Å²) in [7, 11) is 0. The lowest BCUT2D eigenvalue weighted by molar-refractivity contribution is 0.608. The number of alkyl halides is 2. The molecule has 0 radical (unpaired) electrons. The second kappa shape index (κ2) is 4.45. The Morgan fingerprint density at radius 1 is 1.25 bits per heavy atom. The van der Waals surface area contributed by atoms with Crippen LogP contribution in [0, 0.1) is 5.82 Å². The van der Waals surface area contributed by atoms with Crippen molar-refractivity contribution in [3.63, 3.8) is 0 Å². The van der Waals surface area contributed by atoms with Crippen LogP contribution in [-0.4, -0.2) is 0 Å². The molecule has 0 aliphatic rings. The standard InChI is InChI=1S/C8H6BrCl2F/c9-7-2-1-5(3-10)6(4-11)8(7)12/h1-2H,3-4H2. The maximum Gasteiger partial charge on any atom is 0.142 e. The number of benzene rings is 1. The molecule has 0 bridgehead atoms. The van der Waals surface area contributed by atoms with Crippen LogP contribution >= 0.6 is 39.1 Å². The van der Waals surface area contributed by atoms with E-state index in [-0.39, 0.29) is 17.6 Å². The smallest absolute Gasteiger partial charge is 0.142 e. The van der Waals surface area contributed by atoms with Crippen LogP contribution in [0.1, 0.15) is 11.1 Å². The lowest BCUT2D eigenvalue weighted by Crippen LogP contribution is -1.94. The summed E-state index contributed by atoms with van der Waals surface area (Å²) in [6.45, 7) is 0. The molecule has 0 saturated carbocycles. The van der Waals surface area contributed by atoms with Gasteiger partial charge in [0.05, 0.1) is 10.4 Å². The summed E-state index contributed by atoms with van der Waals surface area (Å²) in [5, 5.41) is 0. The van der Waals surface area contributed by atoms with Crippen molar-refractivity contribution in [1.29, 1.82) is 0 Å². The van der Waals surface area contributed by atoms with Gasteiger partial charge in [-0.05, 0) is 27.6 Å². The highest BCUT2D eigenvalue weighted by atomic mass is 79.9. The Kier molecular flexibility index (Phi) is 3.81. The lowest BCUT2D eigenvalue weighted by Gasteiger charge is -2.05. The van der Waals surface area contributed by atoms with Crippen LogP contribution in [0.3, 0.4) is 0 Å². The largest absolute Gasteiger partial charge is 0.205 e. The zero-order chi connectivity index (χ0) is 9.14. The van der Waals surface area contributed by atoms with E-state index in [0.29, 0.717) is 10.0 Å². The van der Waals surface area contributed by atoms with Crippen molar-refractivity contribution in [2.45, 2.75) is 11.8 Å². The molecular formula is C8H6BrCl2F. The van der Waals surface area contributed by atoms with E-state index >= 15 is 0 Å². The van der Waals surface area contributed by atoms with Gasteiger partial charge in [-0.15, -0.1) is 23.2 Å². The van der Waals surface area contributed by atoms with Crippen molar-refractivity contribution >= 4 is 39.1 Å². The summed E-state index contributed by atoms with van der Waals surface area (Å²) >= 11 is 14.2. The van der Waals surface area contributed by atoms with Crippen molar-refractivity contribution in [2.75, 3.05) is 0 Å². The molecule has 0 N–H and O–H groups in total. The first-order chi connectivity index (χ1) is 5.70. The van der Waals surface area contributed by atoms with Crippen LogP contribution < -0.4 is 0 Å². The molecule has 0 aliphatic heterocycles. The highest BCUT2D eigenvalue weighted by Gasteiger charge is 2.09. The van der Waals surface area contributed by atoms with Gasteiger partial charge in [-0.1, -0.05) is 6.07 Å². The van der Waals surface area contributed by atoms with E-state index in [1.54, 1.807) is 12.1 Å². The Labute approximate surface area is 88.8 Å². The van der Waals surface area contributed by atoms with Gasteiger partial charge in [-0.25, -0.2) is 4.39 Å². The minimum atomic E-state index is -0.317. The Hall–Kier alpha value is 0.210. The second-order valence-electron chi connectivity index (χ2n) is 2.27. The predicted molar refractivity (Wildman–Crippen MR) is 53.2 cm³/mol. The van der Waals surface area contributed by atoms with Gasteiger partial charge in [-0.2, -0.15) is 0 Å². The molecule has 1 rings (SSSR count). The van der Waals surface area contributed by atoms with Gasteiger partial charge in [0.1, 0.15) is 5.82 Å². The zero-order valence-electron chi connectivity index (χ0n) is 6.08. The third-order valence-corrected chi connectivity index (χ3v) is 2.74. The van der Waals surface area contributed by atoms with Crippen molar-refractivity contribution < 1.29 is 4.39 Å². The molecule has 0 nitrogen and oxygen atoms in total. The van der Waals surface area contributed by atoms with Gasteiger partial charge in [0.2, 0.25) is 0 Å². The normalized spacial score (nSPS) is 10.3. The first kappa shape index (κ1) is 10.3. The highest BCUT2D eigenvalue weighted by Crippen LogP contribution is 2.24. The van der Waals surface area contributed by atoms with Gasteiger partial charge in [0.25, 0.3) is 0 Å². The van der Waals surface area contributed by atoms with E-state index in [0.717, 1.165) is 5.56 Å². The summed E-state index contributed by atoms with van der Waals surface area (Å²) < 4.78 is 13.7. The topological polar surface area (TPSA) is 0 Å². The highest BCUT2D eigenvalue weighted by molar-refractivity contribution is 9.10. The fourth-order valence-corrected chi connectivity index (χ4v) is 1.81. The van der Waals surface area contributed by atoms with Gasteiger partial charge in [0.15, 0.2) is 0 Å². The molecule has 4 heteroatoms. The molecule has 1 aromatic carbocycles. The molecule has 0 unspecified atom stereocenters. The zero-order valence-corrected chi connectivity index (χ0v) is 9.18. The molecule has 0 aliphatic carbocycles. The Morgan fingerprint density at radius 2 is 1.92 bits per heavy atom. The predicted octanol–water partition coefficient (Wildman–Crippen LogP) is 4.07. The van der Waals surface area contributed by atoms with E-state index in [4.69, 9.17) is 23.2 Å². The monoisotopic (exact) mass is 270 g/mol. The van der Waals surface area contributed by atoms with E-state index in [9.17, 15) is 4.39 Å². The molecule has 12 heavy (non-hydrogen) atoms. The molecule has 66 valence electrons. The SMILES string of the molecule is Fc1c(Br)ccc(CCl)c1CCl. The number of hydrogen-bond donors (Lipinski definition) is 0. The van der Waals surface area contributed by atoms with E-state index in [1.807, 2.05) is 0 Å². The number of hydrogen-bond acceptors (Lipinski definition) is 0. The molecule has 0 atom stereocenters. The maximum absolute atomic E-state index is 13.3. The first-order valence-corrected chi connectivity index (χ1v) is 5.14. The van der Waals surface area contributed by atoms with Gasteiger partial charge >= 0.3 is 0 Å². The van der Waals surface area contributed by atoms with Crippen molar-refractivity contribution in [2.24, 2.45) is 0 Å². The quantitative estimate of drug-likeness (QED) is 0.712. The van der Waals surface area contributed by atoms with Crippen LogP contribution in [0.5, 0.6) is 0 Å². The Balaban J connectivity index is 3.25. The fraction of sp³-hybridized carbons (Fsp3) is 0.250. The lowest BCUT2D eigenvalue weighted by atomic mass is 10.1. The van der Waals surface area contributed by atoms with E-state index in [2.05, 4.69) is 15.9 Å². The van der Waals surface area contributed by atoms with Gasteiger partial charge in [-0.3, -0.25) is 0 Å². The average molecular weight is 272 g/mol. The second-order valence-corrected chi connectivity index (χ2v) is 3.66. The Morgan fingerprint density at radius 3 is 2.42 bits per heavy atom. The summed E-state index contributed by atoms with van der Waals surface area (Å²) in [5.41, 5.74) is 1.22. The number of rotatable bonds is 2. The third-order valence-electron chi connectivity index (χ3n) is 1.57. The van der Waals surface area contributed by atoms with Crippen LogP contribution in [0.15, 0.2) is 16.6 Å². The van der Waals surface area contributed by atoms with Crippen molar-refractivity contribution in [1.82, 2.24) is 0 Å². The van der Waals surface area contributed by atoms with Crippen LogP contribution in [0.25, 0.3) is 0 Å². The molecule has 0 amide bonds. The fourth-order valence-electron chi connectivity index (χ4n) is 0.902. The summed E-state index contributed by atoms with van der Waals surface area (Å²) in [5.74, 6) is 0.114. The van der Waals surface area contributed by atoms with Crippen molar-refractivity contribution in [3.05, 3.63) is 33.5 Å². The molecule has 0 spiro atoms. The van der Waals surface area contributed by atoms with Crippen LogP contribution in [-0.2, 0) is 11.8 Å². The molecule has 1 aromatic rings. The number of halogens is 4. The molecule has 0 fully saturated rings. The summed E-state index contributed by atoms with van der Waals surface area (Å²) in [6.07, 6.45) is 0. The molecule has 0 saturated heterocycles. The third kappa shape index (κ3) is 1.93. The summed E-state index contributed by atoms with van der Waals surface area (Å²) in [6, 6.07) is 3.39. The average Bonchev–Trinajstić information content (AvgIpc) is 2.09. The van der Waals surface area contributed by atoms with Crippen molar-refractivity contribution in [3.8, 4) is 0 Å². The van der Waals surface area contributed by atoms with E-state index < -0.39 is 0 Å². The molecule has 0 heterocycles. The van der Waals surface area contributed by atoms with Crippen LogP contribution in [0.2, 0.25) is 0 Å². The van der Waals surface area contributed by atoms with E-state index in [1.165, 1.54) is 0 Å². The minimum Gasteiger partial charge on any atom is -0.205 e. The minimum absolute atomic E-state index is 0.146. The first-order valence-electron chi connectivity index (χ1n) is 3.28. The van der Waals surface area contributed by atoms with Gasteiger partial charge in [0, 0.05) is 11.4 Å².